The highest BCUT2D eigenvalue weighted by Gasteiger charge is 2.17. The van der Waals surface area contributed by atoms with Gasteiger partial charge in [0.15, 0.2) is 0 Å². The molecule has 12 heavy (non-hydrogen) atoms. The standard InChI is InChI=1S/C7H10N2O3/c1-11-9-7(10)6(8)5-3-2-4-12-5/h2-4,6H,8H2,1H3,(H,9,10). The molecule has 1 heterocycles. The average Bonchev–Trinajstić information content (AvgIpc) is 2.55. The van der Waals surface area contributed by atoms with E-state index in [4.69, 9.17) is 10.2 Å². The van der Waals surface area contributed by atoms with Crippen LogP contribution >= 0.6 is 0 Å². The van der Waals surface area contributed by atoms with Crippen molar-refractivity contribution >= 4 is 5.91 Å². The van der Waals surface area contributed by atoms with Gasteiger partial charge in [-0.2, -0.15) is 0 Å². The van der Waals surface area contributed by atoms with E-state index in [-0.39, 0.29) is 0 Å². The first-order valence-corrected chi connectivity index (χ1v) is 3.37. The van der Waals surface area contributed by atoms with Crippen LogP contribution in [0.5, 0.6) is 0 Å². The summed E-state index contributed by atoms with van der Waals surface area (Å²) in [5.74, 6) is -0.0306. The Morgan fingerprint density at radius 3 is 3.08 bits per heavy atom. The highest BCUT2D eigenvalue weighted by atomic mass is 16.6. The number of hydrogen-bond acceptors (Lipinski definition) is 4. The summed E-state index contributed by atoms with van der Waals surface area (Å²) in [7, 11) is 1.34. The molecular formula is C7H10N2O3. The third-order valence-corrected chi connectivity index (χ3v) is 1.33. The summed E-state index contributed by atoms with van der Waals surface area (Å²) in [4.78, 5) is 15.4. The van der Waals surface area contributed by atoms with Crippen LogP contribution in [-0.4, -0.2) is 13.0 Å². The molecule has 0 saturated heterocycles. The highest BCUT2D eigenvalue weighted by Crippen LogP contribution is 2.09. The Morgan fingerprint density at radius 2 is 2.58 bits per heavy atom. The van der Waals surface area contributed by atoms with Crippen LogP contribution in [0, 0.1) is 0 Å². The average molecular weight is 170 g/mol. The topological polar surface area (TPSA) is 77.5 Å². The number of hydroxylamine groups is 1. The highest BCUT2D eigenvalue weighted by molar-refractivity contribution is 5.81. The minimum absolute atomic E-state index is 0.407. The molecule has 0 radical (unpaired) electrons. The van der Waals surface area contributed by atoms with E-state index in [1.54, 1.807) is 12.1 Å². The number of rotatable bonds is 3. The summed E-state index contributed by atoms with van der Waals surface area (Å²) in [6.45, 7) is 0. The third-order valence-electron chi connectivity index (χ3n) is 1.33. The predicted octanol–water partition coefficient (Wildman–Crippen LogP) is -0.0430. The molecule has 3 N–H and O–H groups in total. The van der Waals surface area contributed by atoms with Crippen LogP contribution in [0.2, 0.25) is 0 Å². The van der Waals surface area contributed by atoms with E-state index < -0.39 is 11.9 Å². The molecule has 5 heteroatoms. The van der Waals surface area contributed by atoms with Crippen LogP contribution in [0.1, 0.15) is 11.8 Å². The summed E-state index contributed by atoms with van der Waals surface area (Å²) in [6, 6.07) is 2.47. The Labute approximate surface area is 69.4 Å². The first-order chi connectivity index (χ1) is 5.75. The van der Waals surface area contributed by atoms with Crippen molar-refractivity contribution in [2.75, 3.05) is 7.11 Å². The van der Waals surface area contributed by atoms with Gasteiger partial charge in [-0.3, -0.25) is 9.63 Å². The van der Waals surface area contributed by atoms with Crippen molar-refractivity contribution in [1.29, 1.82) is 0 Å². The summed E-state index contributed by atoms with van der Waals surface area (Å²) < 4.78 is 4.92. The van der Waals surface area contributed by atoms with Crippen LogP contribution in [0.15, 0.2) is 22.8 Å². The fourth-order valence-corrected chi connectivity index (χ4v) is 0.762. The molecule has 0 aromatic carbocycles. The number of furan rings is 1. The second kappa shape index (κ2) is 3.89. The van der Waals surface area contributed by atoms with Gasteiger partial charge in [0.25, 0.3) is 5.91 Å². The van der Waals surface area contributed by atoms with Crippen LogP contribution in [0.4, 0.5) is 0 Å². The molecule has 0 fully saturated rings. The molecule has 1 aromatic rings. The normalized spacial score (nSPS) is 12.5. The van der Waals surface area contributed by atoms with Gasteiger partial charge in [-0.05, 0) is 12.1 Å². The molecule has 66 valence electrons. The van der Waals surface area contributed by atoms with Gasteiger partial charge < -0.3 is 10.2 Å². The largest absolute Gasteiger partial charge is 0.467 e. The monoisotopic (exact) mass is 170 g/mol. The molecule has 0 aliphatic heterocycles. The molecule has 0 bridgehead atoms. The van der Waals surface area contributed by atoms with Crippen LogP contribution < -0.4 is 11.2 Å². The Hall–Kier alpha value is -1.33. The quantitative estimate of drug-likeness (QED) is 0.624. The minimum Gasteiger partial charge on any atom is -0.467 e. The molecule has 1 amide bonds. The van der Waals surface area contributed by atoms with Crippen LogP contribution in [0.3, 0.4) is 0 Å². The lowest BCUT2D eigenvalue weighted by Gasteiger charge is -2.06. The number of carbonyl (C=O) groups is 1. The molecule has 1 atom stereocenters. The zero-order chi connectivity index (χ0) is 8.97. The Balaban J connectivity index is 2.59. The van der Waals surface area contributed by atoms with E-state index in [9.17, 15) is 4.79 Å². The van der Waals surface area contributed by atoms with Gasteiger partial charge >= 0.3 is 0 Å². The van der Waals surface area contributed by atoms with Crippen LogP contribution in [-0.2, 0) is 9.63 Å². The van der Waals surface area contributed by atoms with Gasteiger partial charge in [0.2, 0.25) is 0 Å². The summed E-state index contributed by atoms with van der Waals surface area (Å²) in [5.41, 5.74) is 7.59. The minimum atomic E-state index is -0.819. The fraction of sp³-hybridized carbons (Fsp3) is 0.286. The van der Waals surface area contributed by atoms with E-state index in [2.05, 4.69) is 10.3 Å². The van der Waals surface area contributed by atoms with Gasteiger partial charge in [-0.25, -0.2) is 5.48 Å². The summed E-state index contributed by atoms with van der Waals surface area (Å²) >= 11 is 0. The van der Waals surface area contributed by atoms with Gasteiger partial charge in [0, 0.05) is 0 Å². The first kappa shape index (κ1) is 8.76. The maximum atomic E-state index is 11.0. The lowest BCUT2D eigenvalue weighted by atomic mass is 10.2. The molecule has 0 aliphatic carbocycles. The molecule has 0 spiro atoms. The molecule has 0 aliphatic rings. The lowest BCUT2D eigenvalue weighted by molar-refractivity contribution is -0.133. The van der Waals surface area contributed by atoms with Crippen molar-refractivity contribution in [3.8, 4) is 0 Å². The molecule has 0 saturated carbocycles. The second-order valence-corrected chi connectivity index (χ2v) is 2.16. The van der Waals surface area contributed by atoms with Crippen LogP contribution in [0.25, 0.3) is 0 Å². The van der Waals surface area contributed by atoms with Gasteiger partial charge in [0.05, 0.1) is 13.4 Å². The number of hydrogen-bond donors (Lipinski definition) is 2. The maximum Gasteiger partial charge on any atom is 0.268 e. The lowest BCUT2D eigenvalue weighted by Crippen LogP contribution is -2.32. The van der Waals surface area contributed by atoms with Gasteiger partial charge in [0.1, 0.15) is 11.8 Å². The molecule has 1 aromatic heterocycles. The Morgan fingerprint density at radius 1 is 1.83 bits per heavy atom. The second-order valence-electron chi connectivity index (χ2n) is 2.16. The SMILES string of the molecule is CONC(=O)C(N)c1ccco1. The number of nitrogens with one attached hydrogen (secondary N) is 1. The zero-order valence-electron chi connectivity index (χ0n) is 6.61. The summed E-state index contributed by atoms with van der Waals surface area (Å²) in [5, 5.41) is 0. The van der Waals surface area contributed by atoms with Crippen molar-refractivity contribution in [3.05, 3.63) is 24.2 Å². The van der Waals surface area contributed by atoms with E-state index >= 15 is 0 Å². The third kappa shape index (κ3) is 1.84. The van der Waals surface area contributed by atoms with E-state index in [0.29, 0.717) is 5.76 Å². The number of amides is 1. The first-order valence-electron chi connectivity index (χ1n) is 3.37. The van der Waals surface area contributed by atoms with Gasteiger partial charge in [-0.15, -0.1) is 0 Å². The van der Waals surface area contributed by atoms with Gasteiger partial charge in [-0.1, -0.05) is 0 Å². The predicted molar refractivity (Wildman–Crippen MR) is 40.8 cm³/mol. The van der Waals surface area contributed by atoms with Crippen molar-refractivity contribution in [2.45, 2.75) is 6.04 Å². The molecular weight excluding hydrogens is 160 g/mol. The molecule has 1 unspecified atom stereocenters. The van der Waals surface area contributed by atoms with E-state index in [1.807, 2.05) is 0 Å². The number of carbonyl (C=O) groups excluding carboxylic acids is 1. The van der Waals surface area contributed by atoms with Crippen molar-refractivity contribution in [2.24, 2.45) is 5.73 Å². The Kier molecular flexibility index (Phi) is 2.84. The maximum absolute atomic E-state index is 11.0. The molecule has 5 nitrogen and oxygen atoms in total. The van der Waals surface area contributed by atoms with E-state index in [0.717, 1.165) is 0 Å². The smallest absolute Gasteiger partial charge is 0.268 e. The van der Waals surface area contributed by atoms with Crippen molar-refractivity contribution in [3.63, 3.8) is 0 Å². The fourth-order valence-electron chi connectivity index (χ4n) is 0.762. The number of nitrogens with two attached hydrogens (primary N) is 1. The van der Waals surface area contributed by atoms with Crippen molar-refractivity contribution in [1.82, 2.24) is 5.48 Å². The van der Waals surface area contributed by atoms with Crippen molar-refractivity contribution < 1.29 is 14.0 Å². The summed E-state index contributed by atoms with van der Waals surface area (Å²) in [6.07, 6.45) is 1.45. The zero-order valence-corrected chi connectivity index (χ0v) is 6.61. The molecule has 1 rings (SSSR count). The van der Waals surface area contributed by atoms with E-state index in [1.165, 1.54) is 13.4 Å². The Bertz CT molecular complexity index is 245.